The Morgan fingerprint density at radius 1 is 1.35 bits per heavy atom. The average Bonchev–Trinajstić information content (AvgIpc) is 2.46. The summed E-state index contributed by atoms with van der Waals surface area (Å²) < 4.78 is 0. The van der Waals surface area contributed by atoms with Crippen molar-refractivity contribution in [3.8, 4) is 11.8 Å². The van der Waals surface area contributed by atoms with Gasteiger partial charge in [0.1, 0.15) is 6.61 Å². The molecule has 1 aliphatic rings. The van der Waals surface area contributed by atoms with Gasteiger partial charge in [0.25, 0.3) is 0 Å². The molecule has 1 amide bonds. The standard InChI is InChI=1S/C17H21NO2/c1-17(10-3-2-4-11-17)16(20)18-15-9-5-7-14(13-15)8-6-12-19/h5,7,9,13,19H,2-4,10-12H2,1H3,(H,18,20). The number of amides is 1. The van der Waals surface area contributed by atoms with E-state index in [0.29, 0.717) is 0 Å². The van der Waals surface area contributed by atoms with Crippen LogP contribution in [0, 0.1) is 17.3 Å². The van der Waals surface area contributed by atoms with Crippen molar-refractivity contribution in [2.45, 2.75) is 39.0 Å². The van der Waals surface area contributed by atoms with Gasteiger partial charge in [-0.15, -0.1) is 0 Å². The third kappa shape index (κ3) is 3.61. The van der Waals surface area contributed by atoms with Crippen LogP contribution in [-0.4, -0.2) is 17.6 Å². The zero-order valence-corrected chi connectivity index (χ0v) is 11.9. The summed E-state index contributed by atoms with van der Waals surface area (Å²) in [6.45, 7) is 1.89. The van der Waals surface area contributed by atoms with Gasteiger partial charge in [-0.2, -0.15) is 0 Å². The lowest BCUT2D eigenvalue weighted by Gasteiger charge is -2.32. The second kappa shape index (κ2) is 6.58. The molecule has 20 heavy (non-hydrogen) atoms. The summed E-state index contributed by atoms with van der Waals surface area (Å²) in [7, 11) is 0. The van der Waals surface area contributed by atoms with E-state index < -0.39 is 0 Å². The lowest BCUT2D eigenvalue weighted by molar-refractivity contribution is -0.126. The van der Waals surface area contributed by atoms with Crippen molar-refractivity contribution in [3.05, 3.63) is 29.8 Å². The largest absolute Gasteiger partial charge is 0.384 e. The Hall–Kier alpha value is -1.79. The maximum absolute atomic E-state index is 12.4. The topological polar surface area (TPSA) is 49.3 Å². The van der Waals surface area contributed by atoms with Gasteiger partial charge in [0.05, 0.1) is 0 Å². The fourth-order valence-corrected chi connectivity index (χ4v) is 2.66. The number of rotatable bonds is 2. The average molecular weight is 271 g/mol. The van der Waals surface area contributed by atoms with Crippen LogP contribution in [0.2, 0.25) is 0 Å². The monoisotopic (exact) mass is 271 g/mol. The molecule has 0 bridgehead atoms. The highest BCUT2D eigenvalue weighted by Gasteiger charge is 2.34. The summed E-state index contributed by atoms with van der Waals surface area (Å²) in [4.78, 5) is 12.4. The first kappa shape index (κ1) is 14.6. The number of aliphatic hydroxyl groups excluding tert-OH is 1. The van der Waals surface area contributed by atoms with Gasteiger partial charge in [-0.05, 0) is 31.0 Å². The number of aliphatic hydroxyl groups is 1. The summed E-state index contributed by atoms with van der Waals surface area (Å²) in [5, 5.41) is 11.7. The van der Waals surface area contributed by atoms with Crippen LogP contribution in [0.25, 0.3) is 0 Å². The fourth-order valence-electron chi connectivity index (χ4n) is 2.66. The predicted molar refractivity (Wildman–Crippen MR) is 80.2 cm³/mol. The predicted octanol–water partition coefficient (Wildman–Crippen LogP) is 2.94. The minimum atomic E-state index is -0.245. The highest BCUT2D eigenvalue weighted by atomic mass is 16.2. The molecule has 1 aromatic carbocycles. The van der Waals surface area contributed by atoms with Gasteiger partial charge in [-0.25, -0.2) is 0 Å². The number of hydrogen-bond acceptors (Lipinski definition) is 2. The molecule has 3 heteroatoms. The molecular weight excluding hydrogens is 250 g/mol. The Balaban J connectivity index is 2.07. The van der Waals surface area contributed by atoms with E-state index in [1.807, 2.05) is 24.3 Å². The zero-order chi connectivity index (χ0) is 14.4. The Kier molecular flexibility index (Phi) is 4.81. The van der Waals surface area contributed by atoms with Gasteiger partial charge in [0.15, 0.2) is 0 Å². The molecule has 2 rings (SSSR count). The zero-order valence-electron chi connectivity index (χ0n) is 11.9. The molecule has 0 unspecified atom stereocenters. The third-order valence-electron chi connectivity index (χ3n) is 3.94. The molecule has 1 saturated carbocycles. The molecule has 106 valence electrons. The number of benzene rings is 1. The normalized spacial score (nSPS) is 16.9. The second-order valence-electron chi connectivity index (χ2n) is 5.62. The molecule has 1 aliphatic carbocycles. The van der Waals surface area contributed by atoms with Crippen molar-refractivity contribution in [2.75, 3.05) is 11.9 Å². The van der Waals surface area contributed by atoms with Crippen LogP contribution in [0.3, 0.4) is 0 Å². The molecule has 2 N–H and O–H groups in total. The van der Waals surface area contributed by atoms with E-state index in [1.165, 1.54) is 6.42 Å². The molecule has 0 aliphatic heterocycles. The summed E-state index contributed by atoms with van der Waals surface area (Å²) in [6, 6.07) is 7.43. The molecule has 3 nitrogen and oxygen atoms in total. The summed E-state index contributed by atoms with van der Waals surface area (Å²) >= 11 is 0. The van der Waals surface area contributed by atoms with Crippen LogP contribution in [0.1, 0.15) is 44.6 Å². The summed E-state index contributed by atoms with van der Waals surface area (Å²) in [5.41, 5.74) is 1.32. The van der Waals surface area contributed by atoms with E-state index >= 15 is 0 Å². The third-order valence-corrected chi connectivity index (χ3v) is 3.94. The highest BCUT2D eigenvalue weighted by Crippen LogP contribution is 2.36. The first-order chi connectivity index (χ1) is 9.64. The van der Waals surface area contributed by atoms with Crippen LogP contribution in [0.4, 0.5) is 5.69 Å². The van der Waals surface area contributed by atoms with Gasteiger partial charge in [0.2, 0.25) is 5.91 Å². The van der Waals surface area contributed by atoms with Crippen molar-refractivity contribution in [1.29, 1.82) is 0 Å². The quantitative estimate of drug-likeness (QED) is 0.812. The molecule has 1 aromatic rings. The summed E-state index contributed by atoms with van der Waals surface area (Å²) in [5.74, 6) is 5.56. The Morgan fingerprint density at radius 3 is 2.80 bits per heavy atom. The van der Waals surface area contributed by atoms with Crippen LogP contribution >= 0.6 is 0 Å². The minimum Gasteiger partial charge on any atom is -0.384 e. The SMILES string of the molecule is CC1(C(=O)Nc2cccc(C#CCO)c2)CCCCC1. The van der Waals surface area contributed by atoms with Gasteiger partial charge in [-0.1, -0.05) is 44.1 Å². The molecule has 0 heterocycles. The van der Waals surface area contributed by atoms with Crippen LogP contribution in [-0.2, 0) is 4.79 Å². The van der Waals surface area contributed by atoms with Crippen LogP contribution in [0.15, 0.2) is 24.3 Å². The fraction of sp³-hybridized carbons (Fsp3) is 0.471. The van der Waals surface area contributed by atoms with E-state index in [4.69, 9.17) is 5.11 Å². The molecular formula is C17H21NO2. The molecule has 0 saturated heterocycles. The van der Waals surface area contributed by atoms with Crippen LogP contribution < -0.4 is 5.32 Å². The van der Waals surface area contributed by atoms with Crippen molar-refractivity contribution in [3.63, 3.8) is 0 Å². The Bertz CT molecular complexity index is 533. The maximum Gasteiger partial charge on any atom is 0.230 e. The molecule has 0 spiro atoms. The van der Waals surface area contributed by atoms with Crippen molar-refractivity contribution < 1.29 is 9.90 Å². The Morgan fingerprint density at radius 2 is 2.10 bits per heavy atom. The number of carbonyl (C=O) groups is 1. The maximum atomic E-state index is 12.4. The number of hydrogen-bond donors (Lipinski definition) is 2. The van der Waals surface area contributed by atoms with Gasteiger partial charge in [-0.3, -0.25) is 4.79 Å². The minimum absolute atomic E-state index is 0.101. The second-order valence-corrected chi connectivity index (χ2v) is 5.62. The smallest absolute Gasteiger partial charge is 0.230 e. The molecule has 0 aromatic heterocycles. The van der Waals surface area contributed by atoms with Crippen molar-refractivity contribution >= 4 is 11.6 Å². The first-order valence-corrected chi connectivity index (χ1v) is 7.15. The number of carbonyl (C=O) groups excluding carboxylic acids is 1. The molecule has 0 atom stereocenters. The first-order valence-electron chi connectivity index (χ1n) is 7.15. The molecule has 0 radical (unpaired) electrons. The number of nitrogens with one attached hydrogen (secondary N) is 1. The van der Waals surface area contributed by atoms with E-state index in [0.717, 1.165) is 36.9 Å². The van der Waals surface area contributed by atoms with Gasteiger partial charge in [0, 0.05) is 16.7 Å². The highest BCUT2D eigenvalue weighted by molar-refractivity contribution is 5.95. The van der Waals surface area contributed by atoms with Gasteiger partial charge < -0.3 is 10.4 Å². The van der Waals surface area contributed by atoms with E-state index in [-0.39, 0.29) is 17.9 Å². The lowest BCUT2D eigenvalue weighted by atomic mass is 9.75. The lowest BCUT2D eigenvalue weighted by Crippen LogP contribution is -2.35. The Labute approximate surface area is 120 Å². The van der Waals surface area contributed by atoms with Gasteiger partial charge >= 0.3 is 0 Å². The van der Waals surface area contributed by atoms with Crippen LogP contribution in [0.5, 0.6) is 0 Å². The van der Waals surface area contributed by atoms with Crippen molar-refractivity contribution in [1.82, 2.24) is 0 Å². The van der Waals surface area contributed by atoms with Crippen molar-refractivity contribution in [2.24, 2.45) is 5.41 Å². The van der Waals surface area contributed by atoms with E-state index in [1.54, 1.807) is 0 Å². The summed E-state index contributed by atoms with van der Waals surface area (Å²) in [6.07, 6.45) is 5.42. The number of anilines is 1. The molecule has 1 fully saturated rings. The van der Waals surface area contributed by atoms with E-state index in [9.17, 15) is 4.79 Å². The van der Waals surface area contributed by atoms with E-state index in [2.05, 4.69) is 24.1 Å².